The van der Waals surface area contributed by atoms with Crippen LogP contribution in [0.5, 0.6) is 0 Å². The zero-order valence-electron chi connectivity index (χ0n) is 18.3. The summed E-state index contributed by atoms with van der Waals surface area (Å²) in [5.74, 6) is 2.44. The third-order valence-electron chi connectivity index (χ3n) is 6.84. The molecule has 0 bridgehead atoms. The minimum atomic E-state index is 0.286. The molecule has 2 N–H and O–H groups in total. The number of likely N-dealkylation sites (tertiary alicyclic amines) is 2. The highest BCUT2D eigenvalue weighted by molar-refractivity contribution is 5.81. The lowest BCUT2D eigenvalue weighted by molar-refractivity contribution is -0.134. The zero-order valence-corrected chi connectivity index (χ0v) is 18.3. The molecule has 0 radical (unpaired) electrons. The van der Waals surface area contributed by atoms with E-state index in [4.69, 9.17) is 4.99 Å². The zero-order chi connectivity index (χ0) is 19.9. The smallest absolute Gasteiger partial charge is 0.225 e. The lowest BCUT2D eigenvalue weighted by atomic mass is 9.98. The summed E-state index contributed by atoms with van der Waals surface area (Å²) >= 11 is 0. The summed E-state index contributed by atoms with van der Waals surface area (Å²) in [6, 6.07) is 0.793. The number of carbonyl (C=O) groups is 1. The van der Waals surface area contributed by atoms with E-state index < -0.39 is 0 Å². The second kappa shape index (κ2) is 10.5. The fourth-order valence-corrected chi connectivity index (χ4v) is 4.83. The van der Waals surface area contributed by atoms with Crippen LogP contribution in [-0.4, -0.2) is 73.0 Å². The van der Waals surface area contributed by atoms with E-state index in [-0.39, 0.29) is 5.92 Å². The lowest BCUT2D eigenvalue weighted by Crippen LogP contribution is -2.46. The first-order chi connectivity index (χ1) is 13.6. The Morgan fingerprint density at radius 1 is 1.11 bits per heavy atom. The largest absolute Gasteiger partial charge is 0.357 e. The summed E-state index contributed by atoms with van der Waals surface area (Å²) in [5, 5.41) is 6.98. The van der Waals surface area contributed by atoms with Crippen molar-refractivity contribution in [3.05, 3.63) is 0 Å². The Morgan fingerprint density at radius 3 is 2.50 bits per heavy atom. The molecule has 2 unspecified atom stereocenters. The molecule has 6 heteroatoms. The average Bonchev–Trinajstić information content (AvgIpc) is 3.38. The molecule has 0 aromatic carbocycles. The van der Waals surface area contributed by atoms with Gasteiger partial charge in [0, 0.05) is 37.6 Å². The molecule has 2 saturated heterocycles. The van der Waals surface area contributed by atoms with Crippen molar-refractivity contribution in [2.75, 3.05) is 39.3 Å². The van der Waals surface area contributed by atoms with Crippen molar-refractivity contribution >= 4 is 11.9 Å². The van der Waals surface area contributed by atoms with Gasteiger partial charge in [-0.3, -0.25) is 14.7 Å². The standard InChI is InChI=1S/C22H41N5O/c1-4-23-22(24-15-18(3)26-12-9-17(2)10-13-26)25-20-11-14-27(16-20)21(28)19-7-5-6-8-19/h17-20H,4-16H2,1-3H3,(H2,23,24,25). The number of aliphatic imine (C=N–C) groups is 1. The molecular weight excluding hydrogens is 350 g/mol. The summed E-state index contributed by atoms with van der Waals surface area (Å²) in [6.45, 7) is 12.5. The third-order valence-corrected chi connectivity index (χ3v) is 6.84. The summed E-state index contributed by atoms with van der Waals surface area (Å²) in [6.07, 6.45) is 8.24. The van der Waals surface area contributed by atoms with E-state index in [1.807, 2.05) is 0 Å². The number of nitrogens with one attached hydrogen (secondary N) is 2. The summed E-state index contributed by atoms with van der Waals surface area (Å²) in [4.78, 5) is 22.2. The molecule has 3 fully saturated rings. The summed E-state index contributed by atoms with van der Waals surface area (Å²) in [5.41, 5.74) is 0. The highest BCUT2D eigenvalue weighted by Crippen LogP contribution is 2.27. The summed E-state index contributed by atoms with van der Waals surface area (Å²) in [7, 11) is 0. The van der Waals surface area contributed by atoms with Crippen LogP contribution in [0.25, 0.3) is 0 Å². The van der Waals surface area contributed by atoms with Crippen molar-refractivity contribution in [2.24, 2.45) is 16.8 Å². The van der Waals surface area contributed by atoms with Crippen molar-refractivity contribution in [1.29, 1.82) is 0 Å². The number of guanidine groups is 1. The first-order valence-corrected chi connectivity index (χ1v) is 11.6. The first-order valence-electron chi connectivity index (χ1n) is 11.6. The normalized spacial score (nSPS) is 26.6. The molecular formula is C22H41N5O. The van der Waals surface area contributed by atoms with Gasteiger partial charge in [-0.25, -0.2) is 0 Å². The highest BCUT2D eigenvalue weighted by atomic mass is 16.2. The van der Waals surface area contributed by atoms with Crippen LogP contribution in [0.1, 0.15) is 65.7 Å². The van der Waals surface area contributed by atoms with E-state index in [1.165, 1.54) is 38.8 Å². The van der Waals surface area contributed by atoms with E-state index in [9.17, 15) is 4.79 Å². The Labute approximate surface area is 171 Å². The van der Waals surface area contributed by atoms with Crippen LogP contribution in [0.15, 0.2) is 4.99 Å². The van der Waals surface area contributed by atoms with Crippen LogP contribution in [-0.2, 0) is 4.79 Å². The second-order valence-electron chi connectivity index (χ2n) is 9.18. The number of piperidine rings is 1. The van der Waals surface area contributed by atoms with Gasteiger partial charge in [0.2, 0.25) is 5.91 Å². The van der Waals surface area contributed by atoms with E-state index in [1.54, 1.807) is 0 Å². The van der Waals surface area contributed by atoms with E-state index in [0.29, 0.717) is 18.0 Å². The molecule has 0 aromatic heterocycles. The summed E-state index contributed by atoms with van der Waals surface area (Å²) < 4.78 is 0. The molecule has 28 heavy (non-hydrogen) atoms. The van der Waals surface area contributed by atoms with Gasteiger partial charge in [-0.05, 0) is 65.0 Å². The monoisotopic (exact) mass is 391 g/mol. The predicted octanol–water partition coefficient (Wildman–Crippen LogP) is 2.45. The topological polar surface area (TPSA) is 60.0 Å². The molecule has 0 aromatic rings. The van der Waals surface area contributed by atoms with Gasteiger partial charge < -0.3 is 15.5 Å². The van der Waals surface area contributed by atoms with Crippen LogP contribution in [0.4, 0.5) is 0 Å². The Bertz CT molecular complexity index is 523. The Hall–Kier alpha value is -1.30. The predicted molar refractivity (Wildman–Crippen MR) is 115 cm³/mol. The van der Waals surface area contributed by atoms with Gasteiger partial charge in [0.05, 0.1) is 6.54 Å². The maximum absolute atomic E-state index is 12.7. The van der Waals surface area contributed by atoms with Gasteiger partial charge in [-0.15, -0.1) is 0 Å². The third kappa shape index (κ3) is 5.85. The molecule has 2 aliphatic heterocycles. The first kappa shape index (κ1) is 21.4. The molecule has 1 saturated carbocycles. The number of carbonyl (C=O) groups excluding carboxylic acids is 1. The number of hydrogen-bond acceptors (Lipinski definition) is 3. The molecule has 1 aliphatic carbocycles. The Kier molecular flexibility index (Phi) is 8.00. The maximum atomic E-state index is 12.7. The van der Waals surface area contributed by atoms with Crippen LogP contribution in [0.2, 0.25) is 0 Å². The molecule has 3 aliphatic rings. The fourth-order valence-electron chi connectivity index (χ4n) is 4.83. The van der Waals surface area contributed by atoms with Gasteiger partial charge in [0.1, 0.15) is 0 Å². The van der Waals surface area contributed by atoms with Crippen LogP contribution < -0.4 is 10.6 Å². The SMILES string of the molecule is CCNC(=NCC(C)N1CCC(C)CC1)NC1CCN(C(=O)C2CCCC2)C1. The van der Waals surface area contributed by atoms with Gasteiger partial charge in [-0.1, -0.05) is 19.8 Å². The van der Waals surface area contributed by atoms with Gasteiger partial charge >= 0.3 is 0 Å². The van der Waals surface area contributed by atoms with Gasteiger partial charge in [-0.2, -0.15) is 0 Å². The highest BCUT2D eigenvalue weighted by Gasteiger charge is 2.32. The molecule has 1 amide bonds. The van der Waals surface area contributed by atoms with Crippen LogP contribution in [0, 0.1) is 11.8 Å². The van der Waals surface area contributed by atoms with Gasteiger partial charge in [0.25, 0.3) is 0 Å². The minimum Gasteiger partial charge on any atom is -0.357 e. The molecule has 6 nitrogen and oxygen atoms in total. The van der Waals surface area contributed by atoms with E-state index >= 15 is 0 Å². The maximum Gasteiger partial charge on any atom is 0.225 e. The molecule has 2 heterocycles. The van der Waals surface area contributed by atoms with Gasteiger partial charge in [0.15, 0.2) is 5.96 Å². The van der Waals surface area contributed by atoms with Crippen molar-refractivity contribution in [3.8, 4) is 0 Å². The lowest BCUT2D eigenvalue weighted by Gasteiger charge is -2.34. The quantitative estimate of drug-likeness (QED) is 0.539. The van der Waals surface area contributed by atoms with E-state index in [2.05, 4.69) is 41.2 Å². The molecule has 160 valence electrons. The molecule has 3 rings (SSSR count). The van der Waals surface area contributed by atoms with Crippen molar-refractivity contribution in [1.82, 2.24) is 20.4 Å². The minimum absolute atomic E-state index is 0.286. The number of nitrogens with zero attached hydrogens (tertiary/aromatic N) is 3. The van der Waals surface area contributed by atoms with Crippen molar-refractivity contribution in [3.63, 3.8) is 0 Å². The Balaban J connectivity index is 1.47. The molecule has 2 atom stereocenters. The average molecular weight is 392 g/mol. The number of amides is 1. The van der Waals surface area contributed by atoms with Crippen molar-refractivity contribution < 1.29 is 4.79 Å². The fraction of sp³-hybridized carbons (Fsp3) is 0.909. The number of rotatable bonds is 6. The Morgan fingerprint density at radius 2 is 1.82 bits per heavy atom. The second-order valence-corrected chi connectivity index (χ2v) is 9.18. The van der Waals surface area contributed by atoms with Crippen LogP contribution >= 0.6 is 0 Å². The number of hydrogen-bond donors (Lipinski definition) is 2. The van der Waals surface area contributed by atoms with E-state index in [0.717, 1.165) is 57.3 Å². The van der Waals surface area contributed by atoms with Crippen molar-refractivity contribution in [2.45, 2.75) is 77.8 Å². The van der Waals surface area contributed by atoms with Crippen LogP contribution in [0.3, 0.4) is 0 Å². The molecule has 0 spiro atoms.